The molecular formula is C33H44F2N6O5. The smallest absolute Gasteiger partial charge is 0.410 e. The molecule has 5 rings (SSSR count). The van der Waals surface area contributed by atoms with Crippen molar-refractivity contribution in [2.24, 2.45) is 0 Å². The molecule has 0 saturated carbocycles. The minimum absolute atomic E-state index is 0.132. The second-order valence-electron chi connectivity index (χ2n) is 13.8. The number of likely N-dealkylation sites (tertiary alicyclic amines) is 2. The van der Waals surface area contributed by atoms with Crippen molar-refractivity contribution in [3.8, 4) is 23.4 Å². The zero-order valence-electron chi connectivity index (χ0n) is 27.8. The normalized spacial score (nSPS) is 20.5. The summed E-state index contributed by atoms with van der Waals surface area (Å²) in [6, 6.07) is 6.05. The predicted molar refractivity (Wildman–Crippen MR) is 166 cm³/mol. The summed E-state index contributed by atoms with van der Waals surface area (Å²) in [4.78, 5) is 30.0. The number of likely N-dealkylation sites (N-methyl/N-ethyl adjacent to an activating group) is 1. The number of alkyl halides is 1. The van der Waals surface area contributed by atoms with E-state index in [0.29, 0.717) is 44.8 Å². The molecule has 1 aromatic carbocycles. The van der Waals surface area contributed by atoms with Gasteiger partial charge >= 0.3 is 6.09 Å². The Balaban J connectivity index is 1.38. The first-order chi connectivity index (χ1) is 21.6. The molecule has 0 spiro atoms. The molecule has 250 valence electrons. The van der Waals surface area contributed by atoms with Crippen molar-refractivity contribution in [2.45, 2.75) is 103 Å². The Bertz CT molecular complexity index is 1530. The number of carbonyl (C=O) groups excluding carboxylic acids is 1. The van der Waals surface area contributed by atoms with Crippen molar-refractivity contribution in [3.63, 3.8) is 0 Å². The van der Waals surface area contributed by atoms with E-state index in [1.807, 2.05) is 60.4 Å². The lowest BCUT2D eigenvalue weighted by Crippen LogP contribution is -2.44. The monoisotopic (exact) mass is 642 g/mol. The standard InChI is InChI=1S/C33H44F2N6O5/c1-19-15-21(34)9-10-24(19)33(6,7)30-38-29(39-46-30)28-36-26(43-20(2)25-16-22(35)18-40(25)8)17-27(37-28)44-23-11-13-41(14-12-23)31(42)45-32(3,4)5/h9-10,15,17,20,22-23,25H,11-14,16,18H2,1-8H3/t20-,22+,25-/m0/s1. The number of hydrogen-bond acceptors (Lipinski definition) is 10. The molecule has 0 radical (unpaired) electrons. The van der Waals surface area contributed by atoms with E-state index in [-0.39, 0.29) is 53.6 Å². The van der Waals surface area contributed by atoms with Gasteiger partial charge in [0.2, 0.25) is 29.3 Å². The van der Waals surface area contributed by atoms with Crippen LogP contribution in [-0.4, -0.2) is 92.7 Å². The number of aryl methyl sites for hydroxylation is 1. The molecule has 3 aromatic rings. The van der Waals surface area contributed by atoms with Crippen LogP contribution in [0.1, 0.15) is 77.8 Å². The largest absolute Gasteiger partial charge is 0.474 e. The van der Waals surface area contributed by atoms with Crippen LogP contribution in [0.4, 0.5) is 13.6 Å². The van der Waals surface area contributed by atoms with Crippen molar-refractivity contribution in [1.82, 2.24) is 29.9 Å². The lowest BCUT2D eigenvalue weighted by Gasteiger charge is -2.33. The van der Waals surface area contributed by atoms with Gasteiger partial charge in [-0.2, -0.15) is 15.0 Å². The molecule has 13 heteroatoms. The van der Waals surface area contributed by atoms with E-state index in [0.717, 1.165) is 11.1 Å². The first kappa shape index (κ1) is 33.5. The van der Waals surface area contributed by atoms with Crippen LogP contribution in [0, 0.1) is 12.7 Å². The summed E-state index contributed by atoms with van der Waals surface area (Å²) in [5.74, 6) is 0.735. The van der Waals surface area contributed by atoms with Gasteiger partial charge in [0.1, 0.15) is 29.8 Å². The van der Waals surface area contributed by atoms with Crippen molar-refractivity contribution in [1.29, 1.82) is 0 Å². The van der Waals surface area contributed by atoms with E-state index in [4.69, 9.17) is 18.7 Å². The van der Waals surface area contributed by atoms with E-state index in [1.165, 1.54) is 12.1 Å². The SMILES string of the molecule is Cc1cc(F)ccc1C(C)(C)c1nc(-c2nc(OC3CCN(C(=O)OC(C)(C)C)CC3)cc(O[C@@H](C)[C@@H]3C[C@@H](F)CN3C)n2)no1. The highest BCUT2D eigenvalue weighted by Crippen LogP contribution is 2.34. The lowest BCUT2D eigenvalue weighted by atomic mass is 9.82. The molecule has 0 N–H and O–H groups in total. The summed E-state index contributed by atoms with van der Waals surface area (Å²) in [7, 11) is 1.87. The molecule has 0 unspecified atom stereocenters. The summed E-state index contributed by atoms with van der Waals surface area (Å²) >= 11 is 0. The predicted octanol–water partition coefficient (Wildman–Crippen LogP) is 5.89. The van der Waals surface area contributed by atoms with Crippen LogP contribution >= 0.6 is 0 Å². The maximum absolute atomic E-state index is 14.1. The molecule has 1 amide bonds. The summed E-state index contributed by atoms with van der Waals surface area (Å²) in [5.41, 5.74) is 0.287. The second kappa shape index (κ2) is 13.1. The summed E-state index contributed by atoms with van der Waals surface area (Å²) in [6.07, 6.45) is -0.347. The van der Waals surface area contributed by atoms with Gasteiger partial charge in [0, 0.05) is 38.5 Å². The number of nitrogens with zero attached hydrogens (tertiary/aromatic N) is 6. The zero-order valence-corrected chi connectivity index (χ0v) is 27.8. The van der Waals surface area contributed by atoms with E-state index >= 15 is 0 Å². The highest BCUT2D eigenvalue weighted by atomic mass is 19.1. The van der Waals surface area contributed by atoms with Gasteiger partial charge in [-0.25, -0.2) is 13.6 Å². The molecular weight excluding hydrogens is 598 g/mol. The Hall–Kier alpha value is -3.87. The average Bonchev–Trinajstić information content (AvgIpc) is 3.59. The number of amides is 1. The molecule has 3 atom stereocenters. The number of carbonyl (C=O) groups is 1. The molecule has 2 aliphatic heterocycles. The van der Waals surface area contributed by atoms with Crippen molar-refractivity contribution >= 4 is 6.09 Å². The fourth-order valence-corrected chi connectivity index (χ4v) is 6.07. The van der Waals surface area contributed by atoms with Gasteiger partial charge in [0.25, 0.3) is 0 Å². The van der Waals surface area contributed by atoms with Crippen LogP contribution in [0.15, 0.2) is 28.8 Å². The summed E-state index contributed by atoms with van der Waals surface area (Å²) in [5, 5.41) is 4.18. The van der Waals surface area contributed by atoms with Crippen molar-refractivity contribution < 1.29 is 32.3 Å². The van der Waals surface area contributed by atoms with Crippen molar-refractivity contribution in [2.75, 3.05) is 26.7 Å². The molecule has 0 aliphatic carbocycles. The Morgan fingerprint density at radius 2 is 1.74 bits per heavy atom. The lowest BCUT2D eigenvalue weighted by molar-refractivity contribution is 0.0122. The summed E-state index contributed by atoms with van der Waals surface area (Å²) in [6.45, 7) is 14.4. The number of piperidine rings is 1. The van der Waals surface area contributed by atoms with Crippen LogP contribution in [0.2, 0.25) is 0 Å². The number of hydrogen-bond donors (Lipinski definition) is 0. The van der Waals surface area contributed by atoms with Gasteiger partial charge < -0.3 is 23.6 Å². The van der Waals surface area contributed by atoms with Crippen LogP contribution in [0.25, 0.3) is 11.6 Å². The minimum Gasteiger partial charge on any atom is -0.474 e. The molecule has 2 fully saturated rings. The van der Waals surface area contributed by atoms with Crippen LogP contribution in [0.3, 0.4) is 0 Å². The third-order valence-corrected chi connectivity index (χ3v) is 8.48. The zero-order chi connectivity index (χ0) is 33.4. The van der Waals surface area contributed by atoms with Gasteiger partial charge in [0.15, 0.2) is 0 Å². The van der Waals surface area contributed by atoms with Crippen molar-refractivity contribution in [3.05, 3.63) is 47.1 Å². The molecule has 0 bridgehead atoms. The average molecular weight is 643 g/mol. The minimum atomic E-state index is -0.918. The maximum Gasteiger partial charge on any atom is 0.410 e. The quantitative estimate of drug-likeness (QED) is 0.295. The Morgan fingerprint density at radius 1 is 1.04 bits per heavy atom. The Labute approximate surface area is 268 Å². The third-order valence-electron chi connectivity index (χ3n) is 8.48. The Morgan fingerprint density at radius 3 is 2.37 bits per heavy atom. The van der Waals surface area contributed by atoms with E-state index < -0.39 is 17.2 Å². The number of ether oxygens (including phenoxy) is 3. The van der Waals surface area contributed by atoms with E-state index in [2.05, 4.69) is 20.1 Å². The molecule has 11 nitrogen and oxygen atoms in total. The Kier molecular flexibility index (Phi) is 9.53. The highest BCUT2D eigenvalue weighted by molar-refractivity contribution is 5.68. The number of halogens is 2. The molecule has 2 aliphatic rings. The second-order valence-corrected chi connectivity index (χ2v) is 13.8. The third kappa shape index (κ3) is 7.73. The van der Waals surface area contributed by atoms with E-state index in [9.17, 15) is 13.6 Å². The van der Waals surface area contributed by atoms with Gasteiger partial charge in [-0.1, -0.05) is 11.2 Å². The molecule has 4 heterocycles. The fraction of sp³-hybridized carbons (Fsp3) is 0.606. The van der Waals surface area contributed by atoms with Gasteiger partial charge in [0.05, 0.1) is 11.5 Å². The van der Waals surface area contributed by atoms with Crippen LogP contribution < -0.4 is 9.47 Å². The first-order valence-electron chi connectivity index (χ1n) is 15.7. The number of benzene rings is 1. The molecule has 2 aromatic heterocycles. The van der Waals surface area contributed by atoms with Crippen LogP contribution in [0.5, 0.6) is 11.8 Å². The topological polar surface area (TPSA) is 116 Å². The number of rotatable bonds is 8. The maximum atomic E-state index is 14.1. The molecule has 46 heavy (non-hydrogen) atoms. The van der Waals surface area contributed by atoms with Gasteiger partial charge in [-0.15, -0.1) is 0 Å². The highest BCUT2D eigenvalue weighted by Gasteiger charge is 2.36. The number of aromatic nitrogens is 4. The first-order valence-corrected chi connectivity index (χ1v) is 15.7. The summed E-state index contributed by atoms with van der Waals surface area (Å²) < 4.78 is 51.7. The van der Waals surface area contributed by atoms with E-state index in [1.54, 1.807) is 17.0 Å². The van der Waals surface area contributed by atoms with Gasteiger partial charge in [-0.3, -0.25) is 4.90 Å². The molecule has 2 saturated heterocycles. The van der Waals surface area contributed by atoms with Gasteiger partial charge in [-0.05, 0) is 85.2 Å². The van der Waals surface area contributed by atoms with Crippen LogP contribution in [-0.2, 0) is 10.2 Å². The fourth-order valence-electron chi connectivity index (χ4n) is 6.07.